The SMILES string of the molecule is CCS(=O)(=O)Nc1cccc2c1OC(F)(F)C(F)(F)O2. The van der Waals surface area contributed by atoms with E-state index in [1.165, 1.54) is 6.92 Å². The van der Waals surface area contributed by atoms with E-state index >= 15 is 0 Å². The first-order valence-electron chi connectivity index (χ1n) is 5.35. The van der Waals surface area contributed by atoms with Crippen molar-refractivity contribution in [3.8, 4) is 11.5 Å². The molecule has 0 saturated carbocycles. The Kier molecular flexibility index (Phi) is 3.23. The van der Waals surface area contributed by atoms with Gasteiger partial charge in [-0.2, -0.15) is 17.6 Å². The van der Waals surface area contributed by atoms with Crippen LogP contribution in [-0.4, -0.2) is 26.4 Å². The molecule has 0 bridgehead atoms. The number of fused-ring (bicyclic) bond motifs is 1. The summed E-state index contributed by atoms with van der Waals surface area (Å²) < 4.78 is 84.6. The Morgan fingerprint density at radius 3 is 2.35 bits per heavy atom. The third-order valence-electron chi connectivity index (χ3n) is 2.43. The lowest BCUT2D eigenvalue weighted by molar-refractivity contribution is -0.391. The summed E-state index contributed by atoms with van der Waals surface area (Å²) in [5.41, 5.74) is -0.403. The van der Waals surface area contributed by atoms with Gasteiger partial charge in [0, 0.05) is 0 Å². The van der Waals surface area contributed by atoms with Gasteiger partial charge in [0.2, 0.25) is 10.0 Å². The quantitative estimate of drug-likeness (QED) is 0.870. The van der Waals surface area contributed by atoms with Crippen LogP contribution in [0.1, 0.15) is 6.92 Å². The summed E-state index contributed by atoms with van der Waals surface area (Å²) in [6.07, 6.45) is -9.75. The van der Waals surface area contributed by atoms with E-state index in [2.05, 4.69) is 9.47 Å². The summed E-state index contributed by atoms with van der Waals surface area (Å²) in [7, 11) is -3.79. The molecule has 5 nitrogen and oxygen atoms in total. The lowest BCUT2D eigenvalue weighted by Gasteiger charge is -2.32. The van der Waals surface area contributed by atoms with Crippen molar-refractivity contribution in [3.05, 3.63) is 18.2 Å². The maximum atomic E-state index is 13.1. The van der Waals surface area contributed by atoms with Gasteiger partial charge in [-0.15, -0.1) is 0 Å². The molecule has 10 heteroatoms. The standard InChI is InChI=1S/C10H9F4NO4S/c1-2-20(16,17)15-6-4-3-5-7-8(6)19-10(13,14)9(11,12)18-7/h3-5,15H,2H2,1H3. The number of para-hydroxylation sites is 1. The average Bonchev–Trinajstić information content (AvgIpc) is 2.31. The molecule has 20 heavy (non-hydrogen) atoms. The lowest BCUT2D eigenvalue weighted by Crippen LogP contribution is -2.52. The molecule has 0 aliphatic carbocycles. The molecule has 0 atom stereocenters. The Bertz CT molecular complexity index is 632. The van der Waals surface area contributed by atoms with Crippen LogP contribution < -0.4 is 14.2 Å². The molecule has 0 unspecified atom stereocenters. The van der Waals surface area contributed by atoms with Crippen LogP contribution in [0.5, 0.6) is 11.5 Å². The largest absolute Gasteiger partial charge is 0.507 e. The summed E-state index contributed by atoms with van der Waals surface area (Å²) in [6, 6.07) is 3.21. The number of rotatable bonds is 3. The van der Waals surface area contributed by atoms with Crippen LogP contribution in [0.2, 0.25) is 0 Å². The second-order valence-corrected chi connectivity index (χ2v) is 5.89. The van der Waals surface area contributed by atoms with Crippen molar-refractivity contribution in [1.29, 1.82) is 0 Å². The van der Waals surface area contributed by atoms with Gasteiger partial charge in [-0.3, -0.25) is 4.72 Å². The molecule has 1 aliphatic heterocycles. The number of hydrogen-bond donors (Lipinski definition) is 1. The highest BCUT2D eigenvalue weighted by molar-refractivity contribution is 7.92. The van der Waals surface area contributed by atoms with Gasteiger partial charge in [0.15, 0.2) is 11.5 Å². The Balaban J connectivity index is 2.47. The normalized spacial score (nSPS) is 19.4. The smallest absolute Gasteiger partial charge is 0.421 e. The second-order valence-electron chi connectivity index (χ2n) is 3.88. The maximum Gasteiger partial charge on any atom is 0.507 e. The number of ether oxygens (including phenoxy) is 2. The van der Waals surface area contributed by atoms with Gasteiger partial charge in [-0.1, -0.05) is 6.07 Å². The highest BCUT2D eigenvalue weighted by Crippen LogP contribution is 2.49. The van der Waals surface area contributed by atoms with Gasteiger partial charge < -0.3 is 9.47 Å². The van der Waals surface area contributed by atoms with Crippen LogP contribution in [0.4, 0.5) is 23.2 Å². The van der Waals surface area contributed by atoms with Crippen molar-refractivity contribution in [1.82, 2.24) is 0 Å². The Labute approximate surface area is 111 Å². The van der Waals surface area contributed by atoms with E-state index in [0.29, 0.717) is 0 Å². The lowest BCUT2D eigenvalue weighted by atomic mass is 10.2. The predicted molar refractivity (Wildman–Crippen MR) is 60.7 cm³/mol. The summed E-state index contributed by atoms with van der Waals surface area (Å²) in [4.78, 5) is 0. The fourth-order valence-electron chi connectivity index (χ4n) is 1.41. The third kappa shape index (κ3) is 2.47. The molecule has 2 rings (SSSR count). The number of sulfonamides is 1. The van der Waals surface area contributed by atoms with Crippen LogP contribution in [0.15, 0.2) is 18.2 Å². The van der Waals surface area contributed by atoms with Crippen LogP contribution >= 0.6 is 0 Å². The Morgan fingerprint density at radius 1 is 1.15 bits per heavy atom. The van der Waals surface area contributed by atoms with Crippen LogP contribution in [0.3, 0.4) is 0 Å². The monoisotopic (exact) mass is 315 g/mol. The van der Waals surface area contributed by atoms with Gasteiger partial charge in [-0.05, 0) is 19.1 Å². The minimum atomic E-state index is -4.91. The minimum Gasteiger partial charge on any atom is -0.421 e. The zero-order valence-corrected chi connectivity index (χ0v) is 10.8. The number of alkyl halides is 4. The zero-order chi connectivity index (χ0) is 15.2. The van der Waals surface area contributed by atoms with Crippen molar-refractivity contribution in [2.24, 2.45) is 0 Å². The van der Waals surface area contributed by atoms with Crippen molar-refractivity contribution < 1.29 is 35.5 Å². The average molecular weight is 315 g/mol. The molecular formula is C10H9F4NO4S. The highest BCUT2D eigenvalue weighted by atomic mass is 32.2. The molecule has 0 spiro atoms. The van der Waals surface area contributed by atoms with E-state index in [1.54, 1.807) is 0 Å². The third-order valence-corrected chi connectivity index (χ3v) is 3.72. The minimum absolute atomic E-state index is 0.329. The molecule has 1 aliphatic rings. The highest BCUT2D eigenvalue weighted by Gasteiger charge is 2.66. The van der Waals surface area contributed by atoms with Gasteiger partial charge in [-0.25, -0.2) is 8.42 Å². The summed E-state index contributed by atoms with van der Waals surface area (Å²) in [5.74, 6) is -1.80. The molecule has 0 saturated heterocycles. The maximum absolute atomic E-state index is 13.1. The van der Waals surface area contributed by atoms with Crippen molar-refractivity contribution in [2.75, 3.05) is 10.5 Å². The topological polar surface area (TPSA) is 64.6 Å². The number of halogens is 4. The van der Waals surface area contributed by atoms with E-state index in [4.69, 9.17) is 0 Å². The van der Waals surface area contributed by atoms with E-state index in [0.717, 1.165) is 18.2 Å². The van der Waals surface area contributed by atoms with Crippen molar-refractivity contribution in [2.45, 2.75) is 19.1 Å². The molecule has 0 fully saturated rings. The van der Waals surface area contributed by atoms with Crippen LogP contribution in [0, 0.1) is 0 Å². The molecule has 1 aromatic rings. The van der Waals surface area contributed by atoms with Crippen LogP contribution in [0.25, 0.3) is 0 Å². The zero-order valence-electron chi connectivity index (χ0n) is 9.99. The first kappa shape index (κ1) is 14.7. The molecule has 0 radical (unpaired) electrons. The van der Waals surface area contributed by atoms with Crippen molar-refractivity contribution in [3.63, 3.8) is 0 Å². The van der Waals surface area contributed by atoms with Gasteiger partial charge in [0.1, 0.15) is 0 Å². The van der Waals surface area contributed by atoms with E-state index in [-0.39, 0.29) is 5.75 Å². The van der Waals surface area contributed by atoms with Gasteiger partial charge in [0.25, 0.3) is 0 Å². The predicted octanol–water partition coefficient (Wildman–Crippen LogP) is 2.41. The fraction of sp³-hybridized carbons (Fsp3) is 0.400. The van der Waals surface area contributed by atoms with E-state index < -0.39 is 39.4 Å². The second kappa shape index (κ2) is 4.40. The molecule has 0 amide bonds. The summed E-state index contributed by atoms with van der Waals surface area (Å²) >= 11 is 0. The Morgan fingerprint density at radius 2 is 1.75 bits per heavy atom. The van der Waals surface area contributed by atoms with E-state index in [9.17, 15) is 26.0 Å². The molecule has 1 N–H and O–H groups in total. The van der Waals surface area contributed by atoms with Gasteiger partial charge >= 0.3 is 12.2 Å². The van der Waals surface area contributed by atoms with Crippen molar-refractivity contribution >= 4 is 15.7 Å². The molecule has 0 aromatic heterocycles. The first-order chi connectivity index (χ1) is 9.08. The molecule has 1 heterocycles. The summed E-state index contributed by atoms with van der Waals surface area (Å²) in [6.45, 7) is 1.32. The fourth-order valence-corrected chi connectivity index (χ4v) is 2.05. The number of nitrogens with one attached hydrogen (secondary N) is 1. The number of benzene rings is 1. The van der Waals surface area contributed by atoms with E-state index in [1.807, 2.05) is 4.72 Å². The molecule has 1 aromatic carbocycles. The van der Waals surface area contributed by atoms with Crippen LogP contribution in [-0.2, 0) is 10.0 Å². The Hall–Kier alpha value is -1.71. The first-order valence-corrected chi connectivity index (χ1v) is 7.00. The molecular weight excluding hydrogens is 306 g/mol. The number of anilines is 1. The van der Waals surface area contributed by atoms with Gasteiger partial charge in [0.05, 0.1) is 11.4 Å². The molecule has 112 valence electrons. The number of hydrogen-bond acceptors (Lipinski definition) is 4. The summed E-state index contributed by atoms with van der Waals surface area (Å²) in [5, 5.41) is 0.